The van der Waals surface area contributed by atoms with E-state index in [-0.39, 0.29) is 12.5 Å². The summed E-state index contributed by atoms with van der Waals surface area (Å²) in [5, 5.41) is 3.52. The predicted octanol–water partition coefficient (Wildman–Crippen LogP) is 3.04. The highest BCUT2D eigenvalue weighted by molar-refractivity contribution is 6.04. The van der Waals surface area contributed by atoms with Crippen LogP contribution in [0.4, 0.5) is 0 Å². The topological polar surface area (TPSA) is 80.4 Å². The van der Waals surface area contributed by atoms with Crippen LogP contribution in [0.2, 0.25) is 0 Å². The molecule has 0 bridgehead atoms. The number of benzene rings is 2. The SMILES string of the molecule is COc1ccccc1CNC(=O)C(C)OC(=O)c1c[nH]c2ccccc12. The molecule has 0 fully saturated rings. The molecule has 0 spiro atoms. The van der Waals surface area contributed by atoms with Crippen molar-refractivity contribution >= 4 is 22.8 Å². The summed E-state index contributed by atoms with van der Waals surface area (Å²) in [6, 6.07) is 14.8. The van der Waals surface area contributed by atoms with Crippen LogP contribution in [0.1, 0.15) is 22.8 Å². The predicted molar refractivity (Wildman–Crippen MR) is 98.0 cm³/mol. The third-order valence-electron chi connectivity index (χ3n) is 4.11. The van der Waals surface area contributed by atoms with Crippen LogP contribution in [-0.2, 0) is 16.1 Å². The standard InChI is InChI=1S/C20H20N2O4/c1-13(19(23)22-11-14-7-3-6-10-18(14)25-2)26-20(24)16-12-21-17-9-5-4-8-15(16)17/h3-10,12-13,21H,11H2,1-2H3,(H,22,23). The van der Waals surface area contributed by atoms with Gasteiger partial charge >= 0.3 is 5.97 Å². The Morgan fingerprint density at radius 2 is 1.85 bits per heavy atom. The summed E-state index contributed by atoms with van der Waals surface area (Å²) in [5.74, 6) is -0.220. The number of hydrogen-bond donors (Lipinski definition) is 2. The number of aromatic nitrogens is 1. The number of nitrogens with one attached hydrogen (secondary N) is 2. The Bertz CT molecular complexity index is 932. The van der Waals surface area contributed by atoms with Crippen LogP contribution < -0.4 is 10.1 Å². The van der Waals surface area contributed by atoms with E-state index in [4.69, 9.17) is 9.47 Å². The molecular weight excluding hydrogens is 332 g/mol. The van der Waals surface area contributed by atoms with E-state index in [1.54, 1.807) is 20.2 Å². The highest BCUT2D eigenvalue weighted by Crippen LogP contribution is 2.19. The fourth-order valence-corrected chi connectivity index (χ4v) is 2.69. The first kappa shape index (κ1) is 17.5. The van der Waals surface area contributed by atoms with Crippen molar-refractivity contribution in [2.75, 3.05) is 7.11 Å². The van der Waals surface area contributed by atoms with Crippen molar-refractivity contribution in [1.29, 1.82) is 0 Å². The van der Waals surface area contributed by atoms with Gasteiger partial charge in [-0.1, -0.05) is 36.4 Å². The second-order valence-corrected chi connectivity index (χ2v) is 5.83. The maximum absolute atomic E-state index is 12.4. The van der Waals surface area contributed by atoms with Crippen LogP contribution >= 0.6 is 0 Å². The molecule has 1 unspecified atom stereocenters. The van der Waals surface area contributed by atoms with Crippen molar-refractivity contribution < 1.29 is 19.1 Å². The molecular formula is C20H20N2O4. The number of hydrogen-bond acceptors (Lipinski definition) is 4. The second-order valence-electron chi connectivity index (χ2n) is 5.83. The molecule has 0 radical (unpaired) electrons. The summed E-state index contributed by atoms with van der Waals surface area (Å²) >= 11 is 0. The molecule has 0 aliphatic carbocycles. The zero-order chi connectivity index (χ0) is 18.5. The number of methoxy groups -OCH3 is 1. The Kier molecular flexibility index (Phi) is 5.22. The first-order valence-corrected chi connectivity index (χ1v) is 8.27. The van der Waals surface area contributed by atoms with Gasteiger partial charge in [-0.2, -0.15) is 0 Å². The highest BCUT2D eigenvalue weighted by Gasteiger charge is 2.21. The van der Waals surface area contributed by atoms with E-state index in [0.717, 1.165) is 16.5 Å². The van der Waals surface area contributed by atoms with E-state index < -0.39 is 12.1 Å². The number of fused-ring (bicyclic) bond motifs is 1. The van der Waals surface area contributed by atoms with E-state index in [1.807, 2.05) is 48.5 Å². The lowest BCUT2D eigenvalue weighted by Gasteiger charge is -2.14. The Morgan fingerprint density at radius 1 is 1.12 bits per heavy atom. The number of aromatic amines is 1. The van der Waals surface area contributed by atoms with Crippen LogP contribution in [0, 0.1) is 0 Å². The Hall–Kier alpha value is -3.28. The lowest BCUT2D eigenvalue weighted by molar-refractivity contribution is -0.129. The van der Waals surface area contributed by atoms with E-state index >= 15 is 0 Å². The molecule has 1 heterocycles. The molecule has 1 atom stereocenters. The number of H-pyrrole nitrogens is 1. The molecule has 6 heteroatoms. The molecule has 26 heavy (non-hydrogen) atoms. The molecule has 3 aromatic rings. The minimum atomic E-state index is -0.911. The van der Waals surface area contributed by atoms with Crippen molar-refractivity contribution in [2.45, 2.75) is 19.6 Å². The van der Waals surface area contributed by atoms with E-state index in [1.165, 1.54) is 0 Å². The smallest absolute Gasteiger partial charge is 0.341 e. The lowest BCUT2D eigenvalue weighted by Crippen LogP contribution is -2.35. The maximum Gasteiger partial charge on any atom is 0.341 e. The Balaban J connectivity index is 1.61. The summed E-state index contributed by atoms with van der Waals surface area (Å²) in [6.45, 7) is 1.84. The zero-order valence-corrected chi connectivity index (χ0v) is 14.6. The molecule has 3 rings (SSSR count). The molecule has 0 saturated heterocycles. The molecule has 1 amide bonds. The fraction of sp³-hybridized carbons (Fsp3) is 0.200. The van der Waals surface area contributed by atoms with Gasteiger partial charge in [0.05, 0.1) is 12.7 Å². The van der Waals surface area contributed by atoms with Crippen molar-refractivity contribution in [2.24, 2.45) is 0 Å². The van der Waals surface area contributed by atoms with Gasteiger partial charge in [-0.3, -0.25) is 4.79 Å². The van der Waals surface area contributed by atoms with Crippen molar-refractivity contribution in [3.8, 4) is 5.75 Å². The van der Waals surface area contributed by atoms with Gasteiger partial charge in [0.25, 0.3) is 5.91 Å². The van der Waals surface area contributed by atoms with Gasteiger partial charge in [0, 0.05) is 29.2 Å². The van der Waals surface area contributed by atoms with E-state index in [2.05, 4.69) is 10.3 Å². The lowest BCUT2D eigenvalue weighted by atomic mass is 10.2. The molecule has 2 N–H and O–H groups in total. The van der Waals surface area contributed by atoms with Crippen LogP contribution in [0.3, 0.4) is 0 Å². The van der Waals surface area contributed by atoms with Gasteiger partial charge in [0.1, 0.15) is 5.75 Å². The largest absolute Gasteiger partial charge is 0.496 e. The minimum absolute atomic E-state index is 0.290. The quantitative estimate of drug-likeness (QED) is 0.668. The van der Waals surface area contributed by atoms with E-state index in [9.17, 15) is 9.59 Å². The zero-order valence-electron chi connectivity index (χ0n) is 14.6. The normalized spacial score (nSPS) is 11.8. The molecule has 1 aromatic heterocycles. The van der Waals surface area contributed by atoms with Gasteiger partial charge in [0.2, 0.25) is 0 Å². The second kappa shape index (κ2) is 7.74. The number of para-hydroxylation sites is 2. The molecule has 0 saturated carbocycles. The van der Waals surface area contributed by atoms with Gasteiger partial charge in [-0.15, -0.1) is 0 Å². The number of carbonyl (C=O) groups excluding carboxylic acids is 2. The first-order valence-electron chi connectivity index (χ1n) is 8.27. The number of carbonyl (C=O) groups is 2. The van der Waals surface area contributed by atoms with Gasteiger partial charge in [0.15, 0.2) is 6.10 Å². The molecule has 134 valence electrons. The summed E-state index contributed by atoms with van der Waals surface area (Å²) < 4.78 is 10.6. The number of rotatable bonds is 6. The van der Waals surface area contributed by atoms with Crippen molar-refractivity contribution in [3.63, 3.8) is 0 Å². The molecule has 6 nitrogen and oxygen atoms in total. The summed E-state index contributed by atoms with van der Waals surface area (Å²) in [7, 11) is 1.58. The highest BCUT2D eigenvalue weighted by atomic mass is 16.5. The maximum atomic E-state index is 12.4. The molecule has 2 aromatic carbocycles. The summed E-state index contributed by atoms with van der Waals surface area (Å²) in [6.07, 6.45) is 0.679. The van der Waals surface area contributed by atoms with E-state index in [0.29, 0.717) is 11.3 Å². The Morgan fingerprint density at radius 3 is 2.65 bits per heavy atom. The van der Waals surface area contributed by atoms with Crippen molar-refractivity contribution in [1.82, 2.24) is 10.3 Å². The van der Waals surface area contributed by atoms with Gasteiger partial charge in [-0.05, 0) is 19.1 Å². The fourth-order valence-electron chi connectivity index (χ4n) is 2.69. The summed E-state index contributed by atoms with van der Waals surface area (Å²) in [5.41, 5.74) is 2.09. The minimum Gasteiger partial charge on any atom is -0.496 e. The summed E-state index contributed by atoms with van der Waals surface area (Å²) in [4.78, 5) is 27.6. The molecule has 0 aliphatic rings. The first-order chi connectivity index (χ1) is 12.6. The number of esters is 1. The van der Waals surface area contributed by atoms with Crippen LogP contribution in [0.15, 0.2) is 54.7 Å². The third kappa shape index (κ3) is 3.69. The van der Waals surface area contributed by atoms with Crippen LogP contribution in [0.25, 0.3) is 10.9 Å². The monoisotopic (exact) mass is 352 g/mol. The average Bonchev–Trinajstić information content (AvgIpc) is 3.10. The Labute approximate surface area is 151 Å². The third-order valence-corrected chi connectivity index (χ3v) is 4.11. The van der Waals surface area contributed by atoms with Crippen LogP contribution in [0.5, 0.6) is 5.75 Å². The molecule has 0 aliphatic heterocycles. The van der Waals surface area contributed by atoms with Gasteiger partial charge < -0.3 is 19.8 Å². The average molecular weight is 352 g/mol. The van der Waals surface area contributed by atoms with Crippen molar-refractivity contribution in [3.05, 3.63) is 65.9 Å². The van der Waals surface area contributed by atoms with Crippen LogP contribution in [-0.4, -0.2) is 30.1 Å². The van der Waals surface area contributed by atoms with Gasteiger partial charge in [-0.25, -0.2) is 4.79 Å². The number of amides is 1. The number of ether oxygens (including phenoxy) is 2.